The smallest absolute Gasteiger partial charge is 0.362 e. The summed E-state index contributed by atoms with van der Waals surface area (Å²) >= 11 is 9.59. The molecule has 0 bridgehead atoms. The number of aromatic nitrogens is 2. The highest BCUT2D eigenvalue weighted by molar-refractivity contribution is 9.10. The van der Waals surface area contributed by atoms with Crippen LogP contribution < -0.4 is 10.6 Å². The molecule has 1 aromatic carbocycles. The first-order valence-corrected chi connectivity index (χ1v) is 9.96. The molecular formula is C18H19BrClF3N4O. The van der Waals surface area contributed by atoms with Crippen LogP contribution in [0.1, 0.15) is 54.8 Å². The van der Waals surface area contributed by atoms with Crippen molar-refractivity contribution in [1.29, 1.82) is 0 Å². The molecule has 1 amide bonds. The normalized spacial score (nSPS) is 20.2. The van der Waals surface area contributed by atoms with E-state index in [-0.39, 0.29) is 29.0 Å². The van der Waals surface area contributed by atoms with Crippen molar-refractivity contribution in [2.75, 3.05) is 5.32 Å². The van der Waals surface area contributed by atoms with Crippen molar-refractivity contribution < 1.29 is 18.0 Å². The van der Waals surface area contributed by atoms with Crippen molar-refractivity contribution in [3.8, 4) is 0 Å². The number of carbonyl (C=O) groups excluding carboxylic acids is 1. The van der Waals surface area contributed by atoms with E-state index < -0.39 is 24.2 Å². The maximum Gasteiger partial charge on any atom is 0.410 e. The van der Waals surface area contributed by atoms with Crippen LogP contribution >= 0.6 is 27.5 Å². The Labute approximate surface area is 173 Å². The molecule has 1 aliphatic rings. The minimum absolute atomic E-state index is 0.00235. The van der Waals surface area contributed by atoms with Gasteiger partial charge in [0.05, 0.1) is 6.04 Å². The van der Waals surface area contributed by atoms with Gasteiger partial charge in [-0.15, -0.1) is 0 Å². The number of halogens is 5. The number of hydrogen-bond donors (Lipinski definition) is 2. The highest BCUT2D eigenvalue weighted by Crippen LogP contribution is 2.46. The Morgan fingerprint density at radius 2 is 2.07 bits per heavy atom. The highest BCUT2D eigenvalue weighted by atomic mass is 79.9. The Bertz CT molecular complexity index is 869. The lowest BCUT2D eigenvalue weighted by molar-refractivity contribution is -0.173. The quantitative estimate of drug-likeness (QED) is 0.610. The van der Waals surface area contributed by atoms with E-state index in [4.69, 9.17) is 11.6 Å². The average Bonchev–Trinajstić information content (AvgIpc) is 2.97. The lowest BCUT2D eigenvalue weighted by Crippen LogP contribution is -2.36. The summed E-state index contributed by atoms with van der Waals surface area (Å²) in [7, 11) is 0. The second kappa shape index (κ2) is 7.94. The molecule has 0 saturated carbocycles. The number of rotatable bonds is 4. The summed E-state index contributed by atoms with van der Waals surface area (Å²) in [6, 6.07) is 4.35. The van der Waals surface area contributed by atoms with Gasteiger partial charge in [0.25, 0.3) is 5.91 Å². The van der Waals surface area contributed by atoms with Crippen LogP contribution in [0.4, 0.5) is 19.0 Å². The lowest BCUT2D eigenvalue weighted by atomic mass is 9.97. The zero-order valence-corrected chi connectivity index (χ0v) is 17.5. The van der Waals surface area contributed by atoms with Crippen LogP contribution in [0, 0.1) is 0 Å². The van der Waals surface area contributed by atoms with Crippen LogP contribution in [-0.4, -0.2) is 27.9 Å². The Balaban J connectivity index is 2.00. The standard InChI is InChI=1S/C18H19BrClF3N4O/c1-3-9(2)24-17(28)15-14(20)16-25-12(10-4-6-11(19)7-5-10)8-13(18(21,22)23)27(16)26-15/h4-7,9,12-13,25H,3,8H2,1-2H3,(H,24,28)/t9-,12+,13-/m0/s1. The first-order valence-electron chi connectivity index (χ1n) is 8.79. The number of fused-ring (bicyclic) bond motifs is 1. The van der Waals surface area contributed by atoms with Gasteiger partial charge in [-0.1, -0.05) is 46.6 Å². The summed E-state index contributed by atoms with van der Waals surface area (Å²) < 4.78 is 42.8. The molecule has 2 heterocycles. The van der Waals surface area contributed by atoms with Gasteiger partial charge in [0, 0.05) is 16.9 Å². The van der Waals surface area contributed by atoms with E-state index in [1.54, 1.807) is 31.2 Å². The summed E-state index contributed by atoms with van der Waals surface area (Å²) in [5, 5.41) is 9.50. The van der Waals surface area contributed by atoms with Crippen LogP contribution in [-0.2, 0) is 0 Å². The van der Waals surface area contributed by atoms with E-state index in [0.717, 1.165) is 9.15 Å². The first kappa shape index (κ1) is 21.0. The van der Waals surface area contributed by atoms with Crippen molar-refractivity contribution in [3.05, 3.63) is 45.0 Å². The zero-order chi connectivity index (χ0) is 20.6. The molecule has 10 heteroatoms. The number of amides is 1. The third-order valence-electron chi connectivity index (χ3n) is 4.77. The number of nitrogens with one attached hydrogen (secondary N) is 2. The van der Waals surface area contributed by atoms with E-state index in [2.05, 4.69) is 31.7 Å². The predicted molar refractivity (Wildman–Crippen MR) is 105 cm³/mol. The van der Waals surface area contributed by atoms with E-state index >= 15 is 0 Å². The first-order chi connectivity index (χ1) is 13.1. The predicted octanol–water partition coefficient (Wildman–Crippen LogP) is 5.49. The maximum atomic E-state index is 13.7. The molecule has 1 aliphatic heterocycles. The van der Waals surface area contributed by atoms with Crippen molar-refractivity contribution in [3.63, 3.8) is 0 Å². The summed E-state index contributed by atoms with van der Waals surface area (Å²) in [4.78, 5) is 12.4. The molecule has 5 nitrogen and oxygen atoms in total. The van der Waals surface area contributed by atoms with E-state index in [1.807, 2.05) is 6.92 Å². The van der Waals surface area contributed by atoms with Crippen molar-refractivity contribution in [2.24, 2.45) is 0 Å². The maximum absolute atomic E-state index is 13.7. The minimum Gasteiger partial charge on any atom is -0.362 e. The second-order valence-corrected chi connectivity index (χ2v) is 8.07. The molecule has 152 valence electrons. The van der Waals surface area contributed by atoms with Crippen LogP contribution in [0.5, 0.6) is 0 Å². The van der Waals surface area contributed by atoms with Crippen molar-refractivity contribution in [1.82, 2.24) is 15.1 Å². The molecule has 1 aromatic heterocycles. The van der Waals surface area contributed by atoms with Gasteiger partial charge in [-0.2, -0.15) is 18.3 Å². The molecule has 28 heavy (non-hydrogen) atoms. The van der Waals surface area contributed by atoms with Gasteiger partial charge < -0.3 is 10.6 Å². The summed E-state index contributed by atoms with van der Waals surface area (Å²) in [6.07, 6.45) is -4.13. The van der Waals surface area contributed by atoms with Crippen LogP contribution in [0.25, 0.3) is 0 Å². The topological polar surface area (TPSA) is 59.0 Å². The van der Waals surface area contributed by atoms with Crippen LogP contribution in [0.2, 0.25) is 5.02 Å². The summed E-state index contributed by atoms with van der Waals surface area (Å²) in [5.41, 5.74) is 0.474. The van der Waals surface area contributed by atoms with Crippen LogP contribution in [0.3, 0.4) is 0 Å². The number of anilines is 1. The van der Waals surface area contributed by atoms with E-state index in [1.165, 1.54) is 0 Å². The fourth-order valence-electron chi connectivity index (χ4n) is 3.04. The molecule has 3 atom stereocenters. The monoisotopic (exact) mass is 478 g/mol. The Hall–Kier alpha value is -1.74. The molecule has 2 aromatic rings. The van der Waals surface area contributed by atoms with E-state index in [0.29, 0.717) is 12.0 Å². The van der Waals surface area contributed by atoms with Gasteiger partial charge in [0.2, 0.25) is 0 Å². The molecule has 0 unspecified atom stereocenters. The number of nitrogens with zero attached hydrogens (tertiary/aromatic N) is 2. The van der Waals surface area contributed by atoms with Gasteiger partial charge in [-0.25, -0.2) is 4.68 Å². The third-order valence-corrected chi connectivity index (χ3v) is 5.66. The average molecular weight is 480 g/mol. The number of carbonyl (C=O) groups is 1. The Morgan fingerprint density at radius 1 is 1.43 bits per heavy atom. The Kier molecular flexibility index (Phi) is 5.95. The van der Waals surface area contributed by atoms with Gasteiger partial charge in [-0.05, 0) is 31.0 Å². The molecule has 3 rings (SSSR count). The minimum atomic E-state index is -4.54. The summed E-state index contributed by atoms with van der Waals surface area (Å²) in [5.74, 6) is -0.596. The second-order valence-electron chi connectivity index (χ2n) is 6.78. The lowest BCUT2D eigenvalue weighted by Gasteiger charge is -2.33. The highest BCUT2D eigenvalue weighted by Gasteiger charge is 2.47. The van der Waals surface area contributed by atoms with Gasteiger partial charge >= 0.3 is 6.18 Å². The molecule has 0 radical (unpaired) electrons. The van der Waals surface area contributed by atoms with E-state index in [9.17, 15) is 18.0 Å². The SMILES string of the molecule is CC[C@H](C)NC(=O)c1nn2c(c1Cl)N[C@@H](c1ccc(Br)cc1)C[C@H]2C(F)(F)F. The fraction of sp³-hybridized carbons (Fsp3) is 0.444. The third kappa shape index (κ3) is 4.15. The fourth-order valence-corrected chi connectivity index (χ4v) is 3.57. The molecule has 0 saturated heterocycles. The van der Waals surface area contributed by atoms with Gasteiger partial charge in [0.1, 0.15) is 10.8 Å². The van der Waals surface area contributed by atoms with Gasteiger partial charge in [0.15, 0.2) is 11.7 Å². The van der Waals surface area contributed by atoms with Gasteiger partial charge in [-0.3, -0.25) is 4.79 Å². The molecule has 0 fully saturated rings. The molecule has 0 spiro atoms. The number of alkyl halides is 3. The molecule has 0 aliphatic carbocycles. The largest absolute Gasteiger partial charge is 0.410 e. The molecular weight excluding hydrogens is 461 g/mol. The van der Waals surface area contributed by atoms with Crippen molar-refractivity contribution in [2.45, 2.75) is 51.0 Å². The number of benzene rings is 1. The molecule has 2 N–H and O–H groups in total. The Morgan fingerprint density at radius 3 is 2.64 bits per heavy atom. The zero-order valence-electron chi connectivity index (χ0n) is 15.1. The van der Waals surface area contributed by atoms with Crippen molar-refractivity contribution >= 4 is 39.3 Å². The van der Waals surface area contributed by atoms with Crippen LogP contribution in [0.15, 0.2) is 28.7 Å². The summed E-state index contributed by atoms with van der Waals surface area (Å²) in [6.45, 7) is 3.68. The number of hydrogen-bond acceptors (Lipinski definition) is 3.